The monoisotopic (exact) mass is 264 g/mol. The Labute approximate surface area is 111 Å². The van der Waals surface area contributed by atoms with Crippen LogP contribution in [-0.4, -0.2) is 45.9 Å². The molecule has 2 N–H and O–H groups in total. The number of nitrogens with one attached hydrogen (secondary N) is 2. The van der Waals surface area contributed by atoms with Gasteiger partial charge in [0, 0.05) is 44.4 Å². The van der Waals surface area contributed by atoms with E-state index in [4.69, 9.17) is 10.7 Å². The lowest BCUT2D eigenvalue weighted by atomic mass is 10.4. The van der Waals surface area contributed by atoms with Crippen molar-refractivity contribution < 1.29 is 0 Å². The summed E-state index contributed by atoms with van der Waals surface area (Å²) in [4.78, 5) is 9.91. The summed E-state index contributed by atoms with van der Waals surface area (Å²) in [7, 11) is 1.79. The average Bonchev–Trinajstić information content (AvgIpc) is 2.39. The molecule has 0 unspecified atom stereocenters. The van der Waals surface area contributed by atoms with Crippen molar-refractivity contribution in [1.82, 2.24) is 20.2 Å². The van der Waals surface area contributed by atoms with Crippen LogP contribution in [0.15, 0.2) is 18.6 Å². The Hall–Kier alpha value is -1.81. The van der Waals surface area contributed by atoms with Crippen LogP contribution < -0.4 is 5.32 Å². The molecule has 0 saturated heterocycles. The number of guanidine groups is 1. The fourth-order valence-corrected chi connectivity index (χ4v) is 2.16. The number of hydrogen-bond donors (Lipinski definition) is 2. The minimum absolute atomic E-state index is 0.132. The summed E-state index contributed by atoms with van der Waals surface area (Å²) in [6.45, 7) is 0.735. The van der Waals surface area contributed by atoms with E-state index < -0.39 is 0 Å². The van der Waals surface area contributed by atoms with E-state index in [-0.39, 0.29) is 5.96 Å². The zero-order chi connectivity index (χ0) is 13.2. The van der Waals surface area contributed by atoms with Gasteiger partial charge in [0.25, 0.3) is 0 Å². The lowest BCUT2D eigenvalue weighted by molar-refractivity contribution is 0.521. The van der Waals surface area contributed by atoms with Gasteiger partial charge in [-0.1, -0.05) is 0 Å². The Bertz CT molecular complexity index is 402. The van der Waals surface area contributed by atoms with Crippen molar-refractivity contribution in [3.05, 3.63) is 24.3 Å². The maximum absolute atomic E-state index is 8.37. The summed E-state index contributed by atoms with van der Waals surface area (Å²) < 4.78 is 0. The van der Waals surface area contributed by atoms with Gasteiger partial charge in [0.05, 0.1) is 5.69 Å². The van der Waals surface area contributed by atoms with Crippen LogP contribution in [0.25, 0.3) is 0 Å². The second-order valence-corrected chi connectivity index (χ2v) is 4.79. The number of nitrogens with zero attached hydrogens (tertiary/aromatic N) is 4. The number of hydrogen-bond acceptors (Lipinski definition) is 5. The summed E-state index contributed by atoms with van der Waals surface area (Å²) in [6, 6.07) is 0. The molecular weight excluding hydrogens is 248 g/mol. The van der Waals surface area contributed by atoms with Crippen molar-refractivity contribution in [2.45, 2.75) is 6.42 Å². The molecule has 0 bridgehead atoms. The van der Waals surface area contributed by atoms with Gasteiger partial charge in [-0.3, -0.25) is 20.7 Å². The minimum Gasteiger partial charge on any atom is -0.345 e. The van der Waals surface area contributed by atoms with E-state index in [9.17, 15) is 0 Å². The zero-order valence-corrected chi connectivity index (χ0v) is 11.1. The van der Waals surface area contributed by atoms with E-state index in [1.807, 2.05) is 0 Å². The summed E-state index contributed by atoms with van der Waals surface area (Å²) in [5.74, 6) is 2.02. The molecule has 0 radical (unpaired) electrons. The van der Waals surface area contributed by atoms with Crippen molar-refractivity contribution in [3.63, 3.8) is 0 Å². The summed E-state index contributed by atoms with van der Waals surface area (Å²) in [5.41, 5.74) is 0.997. The first-order valence-corrected chi connectivity index (χ1v) is 6.67. The molecule has 0 atom stereocenters. The molecule has 1 aromatic heterocycles. The molecular formula is C11H16N6S. The summed E-state index contributed by atoms with van der Waals surface area (Å²) >= 11 is 1.80. The van der Waals surface area contributed by atoms with Gasteiger partial charge < -0.3 is 4.90 Å². The largest absolute Gasteiger partial charge is 0.345 e. The summed E-state index contributed by atoms with van der Waals surface area (Å²) in [6.07, 6.45) is 7.77. The number of rotatable bonds is 6. The SMILES string of the molecule is CN(CCSCCc1cnccn1)C(=N)NC#N. The van der Waals surface area contributed by atoms with Crippen LogP contribution in [0, 0.1) is 16.9 Å². The number of thioether (sulfide) groups is 1. The van der Waals surface area contributed by atoms with E-state index in [1.165, 1.54) is 0 Å². The molecule has 0 saturated carbocycles. The zero-order valence-electron chi connectivity index (χ0n) is 10.3. The fraction of sp³-hybridized carbons (Fsp3) is 0.455. The Kier molecular flexibility index (Phi) is 6.58. The van der Waals surface area contributed by atoms with E-state index in [0.717, 1.165) is 30.2 Å². The van der Waals surface area contributed by atoms with Crippen molar-refractivity contribution >= 4 is 17.7 Å². The first-order valence-electron chi connectivity index (χ1n) is 5.51. The van der Waals surface area contributed by atoms with Gasteiger partial charge in [0.15, 0.2) is 6.19 Å². The standard InChI is InChI=1S/C11H16N6S/c1-17(11(13)16-9-12)5-7-18-6-2-10-8-14-3-4-15-10/h3-4,8H,2,5-7H2,1H3,(H2,13,16). The molecule has 7 heteroatoms. The third-order valence-electron chi connectivity index (χ3n) is 2.25. The Balaban J connectivity index is 2.09. The molecule has 96 valence electrons. The second-order valence-electron chi connectivity index (χ2n) is 3.57. The quantitative estimate of drug-likeness (QED) is 0.258. The van der Waals surface area contributed by atoms with Gasteiger partial charge in [0.2, 0.25) is 5.96 Å². The normalized spacial score (nSPS) is 9.56. The highest BCUT2D eigenvalue weighted by Crippen LogP contribution is 2.04. The van der Waals surface area contributed by atoms with Crippen molar-refractivity contribution in [1.29, 1.82) is 10.7 Å². The minimum atomic E-state index is 0.132. The highest BCUT2D eigenvalue weighted by atomic mass is 32.2. The lowest BCUT2D eigenvalue weighted by Crippen LogP contribution is -2.36. The van der Waals surface area contributed by atoms with Crippen LogP contribution in [0.2, 0.25) is 0 Å². The molecule has 1 rings (SSSR count). The van der Waals surface area contributed by atoms with E-state index in [2.05, 4.69) is 15.3 Å². The summed E-state index contributed by atoms with van der Waals surface area (Å²) in [5, 5.41) is 18.1. The first kappa shape index (κ1) is 14.3. The van der Waals surface area contributed by atoms with Gasteiger partial charge >= 0.3 is 0 Å². The van der Waals surface area contributed by atoms with Gasteiger partial charge in [-0.2, -0.15) is 17.0 Å². The third-order valence-corrected chi connectivity index (χ3v) is 3.21. The number of nitriles is 1. The smallest absolute Gasteiger partial charge is 0.204 e. The van der Waals surface area contributed by atoms with Crippen LogP contribution in [0.4, 0.5) is 0 Å². The topological polar surface area (TPSA) is 88.7 Å². The second kappa shape index (κ2) is 8.31. The van der Waals surface area contributed by atoms with Crippen LogP contribution in [0.1, 0.15) is 5.69 Å². The molecule has 0 aliphatic rings. The Morgan fingerprint density at radius 2 is 2.39 bits per heavy atom. The van der Waals surface area contributed by atoms with Gasteiger partial charge in [-0.15, -0.1) is 0 Å². The van der Waals surface area contributed by atoms with Crippen LogP contribution in [-0.2, 0) is 6.42 Å². The molecule has 0 fully saturated rings. The Morgan fingerprint density at radius 1 is 1.56 bits per heavy atom. The first-order chi connectivity index (χ1) is 8.74. The predicted molar refractivity (Wildman–Crippen MR) is 72.2 cm³/mol. The molecule has 0 aliphatic heterocycles. The molecule has 0 amide bonds. The molecule has 0 aromatic carbocycles. The number of aromatic nitrogens is 2. The molecule has 0 spiro atoms. The van der Waals surface area contributed by atoms with Crippen LogP contribution >= 0.6 is 11.8 Å². The van der Waals surface area contributed by atoms with Crippen molar-refractivity contribution in [2.24, 2.45) is 0 Å². The maximum Gasteiger partial charge on any atom is 0.204 e. The molecule has 0 aliphatic carbocycles. The molecule has 1 aromatic rings. The third kappa shape index (κ3) is 5.50. The maximum atomic E-state index is 8.37. The molecule has 1 heterocycles. The van der Waals surface area contributed by atoms with Crippen LogP contribution in [0.3, 0.4) is 0 Å². The van der Waals surface area contributed by atoms with Crippen molar-refractivity contribution in [3.8, 4) is 6.19 Å². The highest BCUT2D eigenvalue weighted by molar-refractivity contribution is 7.99. The van der Waals surface area contributed by atoms with E-state index in [1.54, 1.807) is 48.5 Å². The fourth-order valence-electron chi connectivity index (χ4n) is 1.20. The van der Waals surface area contributed by atoms with E-state index >= 15 is 0 Å². The predicted octanol–water partition coefficient (Wildman–Crippen LogP) is 0.690. The average molecular weight is 264 g/mol. The van der Waals surface area contributed by atoms with Gasteiger partial charge in [0.1, 0.15) is 0 Å². The lowest BCUT2D eigenvalue weighted by Gasteiger charge is -2.17. The van der Waals surface area contributed by atoms with Gasteiger partial charge in [-0.05, 0) is 5.75 Å². The van der Waals surface area contributed by atoms with Crippen molar-refractivity contribution in [2.75, 3.05) is 25.1 Å². The molecule has 6 nitrogen and oxygen atoms in total. The van der Waals surface area contributed by atoms with Gasteiger partial charge in [-0.25, -0.2) is 0 Å². The van der Waals surface area contributed by atoms with Crippen LogP contribution in [0.5, 0.6) is 0 Å². The number of aryl methyl sites for hydroxylation is 1. The van der Waals surface area contributed by atoms with E-state index in [0.29, 0.717) is 0 Å². The highest BCUT2D eigenvalue weighted by Gasteiger charge is 2.02. The Morgan fingerprint density at radius 3 is 3.06 bits per heavy atom. The molecule has 18 heavy (non-hydrogen) atoms.